The molecule has 0 bridgehead atoms. The van der Waals surface area contributed by atoms with E-state index in [1.807, 2.05) is 13.0 Å². The molecule has 0 radical (unpaired) electrons. The molecule has 1 heterocycles. The monoisotopic (exact) mass is 341 g/mol. The molecule has 0 unspecified atom stereocenters. The van der Waals surface area contributed by atoms with Gasteiger partial charge in [-0.3, -0.25) is 0 Å². The molecule has 1 N–H and O–H groups in total. The van der Waals surface area contributed by atoms with Gasteiger partial charge in [0.25, 0.3) is 0 Å². The Morgan fingerprint density at radius 3 is 2.68 bits per heavy atom. The number of nitrogens with one attached hydrogen (secondary N) is 1. The lowest BCUT2D eigenvalue weighted by molar-refractivity contribution is 0.441. The first-order chi connectivity index (χ1) is 9.19. The number of ether oxygens (including phenoxy) is 1. The summed E-state index contributed by atoms with van der Waals surface area (Å²) >= 11 is 9.40. The van der Waals surface area contributed by atoms with Crippen molar-refractivity contribution in [3.8, 4) is 11.8 Å². The number of hydrogen-bond acceptors (Lipinski definition) is 4. The van der Waals surface area contributed by atoms with Crippen LogP contribution in [0.1, 0.15) is 12.5 Å². The second kappa shape index (κ2) is 6.84. The van der Waals surface area contributed by atoms with Crippen molar-refractivity contribution in [3.63, 3.8) is 0 Å². The minimum absolute atomic E-state index is 0.282. The Bertz CT molecular complexity index is 548. The van der Waals surface area contributed by atoms with Gasteiger partial charge in [-0.25, -0.2) is 9.97 Å². The second-order valence-electron chi connectivity index (χ2n) is 3.83. The molecule has 4 nitrogen and oxygen atoms in total. The van der Waals surface area contributed by atoms with E-state index < -0.39 is 0 Å². The minimum atomic E-state index is 0.282. The number of rotatable bonds is 5. The first-order valence-electron chi connectivity index (χ1n) is 5.83. The molecule has 0 saturated carbocycles. The average molecular weight is 343 g/mol. The van der Waals surface area contributed by atoms with Gasteiger partial charge in [-0.2, -0.15) is 0 Å². The zero-order valence-corrected chi connectivity index (χ0v) is 12.7. The van der Waals surface area contributed by atoms with Crippen LogP contribution in [0.5, 0.6) is 11.8 Å². The molecule has 1 aromatic heterocycles. The van der Waals surface area contributed by atoms with Crippen LogP contribution in [-0.2, 0) is 6.54 Å². The van der Waals surface area contributed by atoms with Crippen LogP contribution in [0.3, 0.4) is 0 Å². The van der Waals surface area contributed by atoms with Crippen LogP contribution in [0.2, 0.25) is 5.02 Å². The third kappa shape index (κ3) is 4.16. The highest BCUT2D eigenvalue weighted by molar-refractivity contribution is 9.10. The van der Waals surface area contributed by atoms with Gasteiger partial charge in [0, 0.05) is 29.0 Å². The molecule has 2 aromatic rings. The Kier molecular flexibility index (Phi) is 5.13. The number of hydrogen-bond donors (Lipinski definition) is 1. The Morgan fingerprint density at radius 1 is 1.32 bits per heavy atom. The third-order valence-corrected chi connectivity index (χ3v) is 3.14. The van der Waals surface area contributed by atoms with Crippen molar-refractivity contribution in [2.75, 3.05) is 6.54 Å². The smallest absolute Gasteiger partial charge is 0.321 e. The molecule has 19 heavy (non-hydrogen) atoms. The molecule has 2 rings (SSSR count). The molecule has 6 heteroatoms. The largest absolute Gasteiger partial charge is 0.423 e. The topological polar surface area (TPSA) is 47.0 Å². The maximum Gasteiger partial charge on any atom is 0.321 e. The highest BCUT2D eigenvalue weighted by atomic mass is 79.9. The zero-order valence-electron chi connectivity index (χ0n) is 10.4. The fourth-order valence-corrected chi connectivity index (χ4v) is 2.12. The summed E-state index contributed by atoms with van der Waals surface area (Å²) in [5.41, 5.74) is 1.01. The lowest BCUT2D eigenvalue weighted by Gasteiger charge is -2.06. The zero-order chi connectivity index (χ0) is 13.7. The van der Waals surface area contributed by atoms with Gasteiger partial charge in [-0.15, -0.1) is 0 Å². The third-order valence-electron chi connectivity index (χ3n) is 2.36. The van der Waals surface area contributed by atoms with E-state index in [-0.39, 0.29) is 6.01 Å². The van der Waals surface area contributed by atoms with E-state index in [0.29, 0.717) is 10.8 Å². The summed E-state index contributed by atoms with van der Waals surface area (Å²) in [6, 6.07) is 5.66. The van der Waals surface area contributed by atoms with Crippen molar-refractivity contribution in [3.05, 3.63) is 45.7 Å². The van der Waals surface area contributed by atoms with E-state index in [1.165, 1.54) is 0 Å². The quantitative estimate of drug-likeness (QED) is 0.898. The molecular formula is C13H13BrClN3O. The Balaban J connectivity index is 2.06. The number of aromatic nitrogens is 2. The van der Waals surface area contributed by atoms with Crippen LogP contribution in [0, 0.1) is 0 Å². The van der Waals surface area contributed by atoms with E-state index in [4.69, 9.17) is 16.3 Å². The summed E-state index contributed by atoms with van der Waals surface area (Å²) in [6.07, 6.45) is 3.47. The molecule has 0 aliphatic rings. The molecule has 0 fully saturated rings. The van der Waals surface area contributed by atoms with Gasteiger partial charge in [-0.05, 0) is 24.7 Å². The number of halogens is 2. The van der Waals surface area contributed by atoms with Crippen LogP contribution in [0.4, 0.5) is 0 Å². The van der Waals surface area contributed by atoms with Gasteiger partial charge in [0.2, 0.25) is 0 Å². The van der Waals surface area contributed by atoms with Crippen molar-refractivity contribution in [1.82, 2.24) is 15.3 Å². The van der Waals surface area contributed by atoms with E-state index in [2.05, 4.69) is 31.2 Å². The summed E-state index contributed by atoms with van der Waals surface area (Å²) in [4.78, 5) is 8.29. The highest BCUT2D eigenvalue weighted by Gasteiger charge is 2.05. The predicted molar refractivity (Wildman–Crippen MR) is 78.6 cm³/mol. The van der Waals surface area contributed by atoms with Crippen molar-refractivity contribution >= 4 is 27.5 Å². The maximum atomic E-state index is 6.06. The van der Waals surface area contributed by atoms with Crippen molar-refractivity contribution in [2.45, 2.75) is 13.5 Å². The minimum Gasteiger partial charge on any atom is -0.423 e. The van der Waals surface area contributed by atoms with E-state index in [0.717, 1.165) is 23.1 Å². The van der Waals surface area contributed by atoms with Crippen LogP contribution >= 0.6 is 27.5 Å². The van der Waals surface area contributed by atoms with Crippen LogP contribution in [0.15, 0.2) is 35.1 Å². The Morgan fingerprint density at radius 2 is 2.05 bits per heavy atom. The van der Waals surface area contributed by atoms with E-state index >= 15 is 0 Å². The molecule has 100 valence electrons. The first kappa shape index (κ1) is 14.2. The standard InChI is InChI=1S/C13H13BrClN3O/c1-2-16-6-9-7-17-13(18-8-9)19-12-4-3-10(14)5-11(12)15/h3-5,7-8,16H,2,6H2,1H3. The van der Waals surface area contributed by atoms with Gasteiger partial charge in [-0.1, -0.05) is 34.5 Å². The van der Waals surface area contributed by atoms with E-state index in [9.17, 15) is 0 Å². The predicted octanol–water partition coefficient (Wildman–Crippen LogP) is 3.79. The molecular weight excluding hydrogens is 330 g/mol. The fourth-order valence-electron chi connectivity index (χ4n) is 1.41. The van der Waals surface area contributed by atoms with E-state index in [1.54, 1.807) is 24.5 Å². The Labute approximate surface area is 125 Å². The maximum absolute atomic E-state index is 6.06. The fraction of sp³-hybridized carbons (Fsp3) is 0.231. The molecule has 0 spiro atoms. The summed E-state index contributed by atoms with van der Waals surface area (Å²) in [5.74, 6) is 0.532. The van der Waals surface area contributed by atoms with Gasteiger partial charge in [0.05, 0.1) is 5.02 Å². The normalized spacial score (nSPS) is 10.5. The molecule has 1 aromatic carbocycles. The van der Waals surface area contributed by atoms with Gasteiger partial charge in [0.1, 0.15) is 5.75 Å². The summed E-state index contributed by atoms with van der Waals surface area (Å²) < 4.78 is 6.42. The molecule has 0 amide bonds. The number of benzene rings is 1. The van der Waals surface area contributed by atoms with Crippen molar-refractivity contribution in [2.24, 2.45) is 0 Å². The van der Waals surface area contributed by atoms with Crippen molar-refractivity contribution in [1.29, 1.82) is 0 Å². The molecule has 0 atom stereocenters. The van der Waals surface area contributed by atoms with Crippen LogP contribution in [0.25, 0.3) is 0 Å². The Hall–Kier alpha value is -1.17. The average Bonchev–Trinajstić information content (AvgIpc) is 2.41. The van der Waals surface area contributed by atoms with Gasteiger partial charge < -0.3 is 10.1 Å². The second-order valence-corrected chi connectivity index (χ2v) is 5.15. The lowest BCUT2D eigenvalue weighted by Crippen LogP contribution is -2.12. The van der Waals surface area contributed by atoms with Gasteiger partial charge >= 0.3 is 6.01 Å². The van der Waals surface area contributed by atoms with Crippen LogP contribution < -0.4 is 10.1 Å². The van der Waals surface area contributed by atoms with Crippen molar-refractivity contribution < 1.29 is 4.74 Å². The van der Waals surface area contributed by atoms with Gasteiger partial charge in [0.15, 0.2) is 0 Å². The lowest BCUT2D eigenvalue weighted by atomic mass is 10.3. The first-order valence-corrected chi connectivity index (χ1v) is 7.00. The van der Waals surface area contributed by atoms with Crippen LogP contribution in [-0.4, -0.2) is 16.5 Å². The summed E-state index contributed by atoms with van der Waals surface area (Å²) in [7, 11) is 0. The SMILES string of the molecule is CCNCc1cnc(Oc2ccc(Br)cc2Cl)nc1. The molecule has 0 aliphatic heterocycles. The highest BCUT2D eigenvalue weighted by Crippen LogP contribution is 2.30. The summed E-state index contributed by atoms with van der Waals surface area (Å²) in [5, 5.41) is 3.71. The number of nitrogens with zero attached hydrogens (tertiary/aromatic N) is 2. The molecule has 0 aliphatic carbocycles. The summed E-state index contributed by atoms with van der Waals surface area (Å²) in [6.45, 7) is 3.70. The molecule has 0 saturated heterocycles.